The fourth-order valence-corrected chi connectivity index (χ4v) is 2.46. The van der Waals surface area contributed by atoms with Crippen LogP contribution in [0.4, 0.5) is 0 Å². The molecule has 0 spiro atoms. The highest BCUT2D eigenvalue weighted by Crippen LogP contribution is 2.33. The Hall–Kier alpha value is -1.46. The molecule has 0 aliphatic carbocycles. The van der Waals surface area contributed by atoms with Gasteiger partial charge in [0, 0.05) is 5.56 Å². The number of amides is 1. The van der Waals surface area contributed by atoms with Crippen molar-refractivity contribution < 1.29 is 19.4 Å². The molecule has 7 heteroatoms. The van der Waals surface area contributed by atoms with Crippen LogP contribution in [0, 0.1) is 5.92 Å². The third kappa shape index (κ3) is 4.79. The zero-order chi connectivity index (χ0) is 16.2. The Bertz CT molecular complexity index is 523. The predicted octanol–water partition coefficient (Wildman–Crippen LogP) is 3.23. The number of carboxylic acid groups (broad SMARTS) is 1. The fraction of sp³-hybridized carbons (Fsp3) is 0.429. The summed E-state index contributed by atoms with van der Waals surface area (Å²) in [6.07, 6.45) is 0.332. The fourth-order valence-electron chi connectivity index (χ4n) is 1.82. The van der Waals surface area contributed by atoms with Gasteiger partial charge in [-0.25, -0.2) is 4.79 Å². The zero-order valence-corrected chi connectivity index (χ0v) is 13.5. The van der Waals surface area contributed by atoms with Crippen molar-refractivity contribution in [3.63, 3.8) is 0 Å². The second-order valence-corrected chi connectivity index (χ2v) is 5.78. The first kappa shape index (κ1) is 17.6. The molecule has 1 amide bonds. The van der Waals surface area contributed by atoms with Crippen LogP contribution in [0.2, 0.25) is 10.0 Å². The topological polar surface area (TPSA) is 75.6 Å². The number of hydrogen-bond acceptors (Lipinski definition) is 3. The second kappa shape index (κ2) is 7.52. The Balaban J connectivity index is 2.95. The number of benzene rings is 1. The molecule has 5 nitrogen and oxygen atoms in total. The quantitative estimate of drug-likeness (QED) is 0.837. The van der Waals surface area contributed by atoms with Crippen molar-refractivity contribution in [1.82, 2.24) is 5.32 Å². The molecule has 1 aromatic rings. The van der Waals surface area contributed by atoms with E-state index < -0.39 is 17.9 Å². The number of carbonyl (C=O) groups excluding carboxylic acids is 1. The first-order valence-corrected chi connectivity index (χ1v) is 7.08. The van der Waals surface area contributed by atoms with Gasteiger partial charge in [-0.1, -0.05) is 37.0 Å². The lowest BCUT2D eigenvalue weighted by Gasteiger charge is -2.17. The summed E-state index contributed by atoms with van der Waals surface area (Å²) in [5, 5.41) is 12.0. The number of carboxylic acids is 1. The molecule has 0 fully saturated rings. The Kier molecular flexibility index (Phi) is 6.30. The molecule has 0 unspecified atom stereocenters. The standard InChI is InChI=1S/C14H17Cl2NO4/c1-7(2)4-11(14(19)20)17-13(18)8-5-9(15)12(21-3)10(16)6-8/h5-7,11H,4H2,1-3H3,(H,17,18)(H,19,20)/t11-/m1/s1. The van der Waals surface area contributed by atoms with Gasteiger partial charge in [0.1, 0.15) is 6.04 Å². The summed E-state index contributed by atoms with van der Waals surface area (Å²) in [6, 6.07) is 1.81. The number of carbonyl (C=O) groups is 2. The van der Waals surface area contributed by atoms with Crippen LogP contribution in [-0.2, 0) is 4.79 Å². The predicted molar refractivity (Wildman–Crippen MR) is 81.4 cm³/mol. The van der Waals surface area contributed by atoms with Crippen LogP contribution in [0.3, 0.4) is 0 Å². The maximum Gasteiger partial charge on any atom is 0.326 e. The SMILES string of the molecule is COc1c(Cl)cc(C(=O)N[C@H](CC(C)C)C(=O)O)cc1Cl. The van der Waals surface area contributed by atoms with Crippen molar-refractivity contribution in [2.24, 2.45) is 5.92 Å². The van der Waals surface area contributed by atoms with E-state index in [1.807, 2.05) is 13.8 Å². The third-order valence-corrected chi connectivity index (χ3v) is 3.34. The molecule has 116 valence electrons. The van der Waals surface area contributed by atoms with Gasteiger partial charge in [0.05, 0.1) is 17.2 Å². The number of methoxy groups -OCH3 is 1. The molecule has 0 radical (unpaired) electrons. The van der Waals surface area contributed by atoms with E-state index in [-0.39, 0.29) is 27.3 Å². The molecular formula is C14H17Cl2NO4. The lowest BCUT2D eigenvalue weighted by atomic mass is 10.0. The molecule has 1 aromatic carbocycles. The average molecular weight is 334 g/mol. The largest absolute Gasteiger partial charge is 0.494 e. The van der Waals surface area contributed by atoms with Crippen molar-refractivity contribution in [2.75, 3.05) is 7.11 Å². The van der Waals surface area contributed by atoms with E-state index in [1.54, 1.807) is 0 Å². The Morgan fingerprint density at radius 3 is 2.19 bits per heavy atom. The molecule has 1 atom stereocenters. The van der Waals surface area contributed by atoms with Crippen molar-refractivity contribution in [3.05, 3.63) is 27.7 Å². The molecular weight excluding hydrogens is 317 g/mol. The zero-order valence-electron chi connectivity index (χ0n) is 11.9. The van der Waals surface area contributed by atoms with E-state index >= 15 is 0 Å². The number of halogens is 2. The van der Waals surface area contributed by atoms with Crippen molar-refractivity contribution in [1.29, 1.82) is 0 Å². The number of aliphatic carboxylic acids is 1. The molecule has 0 heterocycles. The minimum absolute atomic E-state index is 0.134. The Morgan fingerprint density at radius 2 is 1.81 bits per heavy atom. The van der Waals surface area contributed by atoms with Crippen LogP contribution in [0.15, 0.2) is 12.1 Å². The molecule has 0 bridgehead atoms. The Labute approximate surface area is 133 Å². The van der Waals surface area contributed by atoms with Crippen molar-refractivity contribution >= 4 is 35.1 Å². The highest BCUT2D eigenvalue weighted by atomic mass is 35.5. The van der Waals surface area contributed by atoms with Crippen LogP contribution in [0.1, 0.15) is 30.6 Å². The molecule has 0 aromatic heterocycles. The number of nitrogens with one attached hydrogen (secondary N) is 1. The van der Waals surface area contributed by atoms with Gasteiger partial charge in [-0.2, -0.15) is 0 Å². The van der Waals surface area contributed by atoms with E-state index in [1.165, 1.54) is 19.2 Å². The highest BCUT2D eigenvalue weighted by molar-refractivity contribution is 6.37. The van der Waals surface area contributed by atoms with Gasteiger partial charge in [0.15, 0.2) is 5.75 Å². The van der Waals surface area contributed by atoms with Crippen LogP contribution in [-0.4, -0.2) is 30.1 Å². The van der Waals surface area contributed by atoms with E-state index in [4.69, 9.17) is 33.0 Å². The lowest BCUT2D eigenvalue weighted by Crippen LogP contribution is -2.41. The normalized spacial score (nSPS) is 12.1. The average Bonchev–Trinajstić information content (AvgIpc) is 2.36. The van der Waals surface area contributed by atoms with Gasteiger partial charge in [0.2, 0.25) is 0 Å². The Morgan fingerprint density at radius 1 is 1.29 bits per heavy atom. The minimum Gasteiger partial charge on any atom is -0.494 e. The van der Waals surface area contributed by atoms with Gasteiger partial charge < -0.3 is 15.2 Å². The van der Waals surface area contributed by atoms with Gasteiger partial charge in [0.25, 0.3) is 5.91 Å². The highest BCUT2D eigenvalue weighted by Gasteiger charge is 2.22. The van der Waals surface area contributed by atoms with Gasteiger partial charge in [-0.3, -0.25) is 4.79 Å². The lowest BCUT2D eigenvalue weighted by molar-refractivity contribution is -0.139. The van der Waals surface area contributed by atoms with Crippen LogP contribution < -0.4 is 10.1 Å². The smallest absolute Gasteiger partial charge is 0.326 e. The molecule has 0 aliphatic heterocycles. The number of ether oxygens (including phenoxy) is 1. The molecule has 1 rings (SSSR count). The van der Waals surface area contributed by atoms with E-state index in [0.717, 1.165) is 0 Å². The summed E-state index contributed by atoms with van der Waals surface area (Å²) < 4.78 is 4.99. The van der Waals surface area contributed by atoms with E-state index in [2.05, 4.69) is 5.32 Å². The van der Waals surface area contributed by atoms with E-state index in [9.17, 15) is 9.59 Å². The van der Waals surface area contributed by atoms with Crippen LogP contribution in [0.25, 0.3) is 0 Å². The second-order valence-electron chi connectivity index (χ2n) is 4.97. The maximum atomic E-state index is 12.1. The number of rotatable bonds is 6. The first-order chi connectivity index (χ1) is 9.76. The molecule has 0 saturated carbocycles. The summed E-state index contributed by atoms with van der Waals surface area (Å²) in [5.41, 5.74) is 0.181. The van der Waals surface area contributed by atoms with Crippen molar-refractivity contribution in [3.8, 4) is 5.75 Å². The minimum atomic E-state index is -1.08. The van der Waals surface area contributed by atoms with Gasteiger partial charge in [-0.05, 0) is 24.5 Å². The maximum absolute atomic E-state index is 12.1. The van der Waals surface area contributed by atoms with Crippen LogP contribution >= 0.6 is 23.2 Å². The van der Waals surface area contributed by atoms with Crippen molar-refractivity contribution in [2.45, 2.75) is 26.3 Å². The monoisotopic (exact) mass is 333 g/mol. The summed E-state index contributed by atoms with van der Waals surface area (Å²) in [6.45, 7) is 3.76. The molecule has 2 N–H and O–H groups in total. The van der Waals surface area contributed by atoms with E-state index in [0.29, 0.717) is 6.42 Å². The number of hydrogen-bond donors (Lipinski definition) is 2. The molecule has 21 heavy (non-hydrogen) atoms. The summed E-state index contributed by atoms with van der Waals surface area (Å²) in [4.78, 5) is 23.3. The third-order valence-electron chi connectivity index (χ3n) is 2.78. The first-order valence-electron chi connectivity index (χ1n) is 6.33. The summed E-state index contributed by atoms with van der Waals surface area (Å²) in [7, 11) is 1.41. The summed E-state index contributed by atoms with van der Waals surface area (Å²) >= 11 is 11.9. The van der Waals surface area contributed by atoms with Crippen LogP contribution in [0.5, 0.6) is 5.75 Å². The summed E-state index contributed by atoms with van der Waals surface area (Å²) in [5.74, 6) is -1.22. The molecule has 0 saturated heterocycles. The van der Waals surface area contributed by atoms with Gasteiger partial charge >= 0.3 is 5.97 Å². The molecule has 0 aliphatic rings. The van der Waals surface area contributed by atoms with Gasteiger partial charge in [-0.15, -0.1) is 0 Å².